The Balaban J connectivity index is 2.98. The van der Waals surface area contributed by atoms with E-state index < -0.39 is 72.5 Å². The molecular formula is C23H35N7O7. The van der Waals surface area contributed by atoms with Crippen LogP contribution in [0.15, 0.2) is 30.3 Å². The number of hydrogen-bond acceptors (Lipinski definition) is 8. The van der Waals surface area contributed by atoms with Crippen molar-refractivity contribution in [1.82, 2.24) is 16.0 Å². The van der Waals surface area contributed by atoms with Crippen molar-refractivity contribution in [2.24, 2.45) is 22.9 Å². The summed E-state index contributed by atoms with van der Waals surface area (Å²) in [5.41, 5.74) is 22.5. The maximum absolute atomic E-state index is 13.0. The van der Waals surface area contributed by atoms with Crippen molar-refractivity contribution >= 4 is 35.5 Å². The molecule has 0 fully saturated rings. The van der Waals surface area contributed by atoms with Crippen molar-refractivity contribution in [2.75, 3.05) is 6.54 Å². The lowest BCUT2D eigenvalue weighted by Gasteiger charge is -2.24. The number of carboxylic acids is 1. The highest BCUT2D eigenvalue weighted by Gasteiger charge is 2.31. The number of benzene rings is 1. The number of rotatable bonds is 17. The van der Waals surface area contributed by atoms with E-state index in [1.807, 2.05) is 0 Å². The molecular weight excluding hydrogens is 486 g/mol. The van der Waals surface area contributed by atoms with Crippen molar-refractivity contribution < 1.29 is 33.9 Å². The van der Waals surface area contributed by atoms with Crippen LogP contribution in [0.5, 0.6) is 0 Å². The number of nitrogens with two attached hydrogens (primary N) is 4. The van der Waals surface area contributed by atoms with Crippen LogP contribution < -0.4 is 38.9 Å². The average Bonchev–Trinajstić information content (AvgIpc) is 2.82. The van der Waals surface area contributed by atoms with E-state index >= 15 is 0 Å². The first-order valence-corrected chi connectivity index (χ1v) is 11.6. The normalized spacial score (nSPS) is 13.9. The molecule has 204 valence electrons. The third-order valence-corrected chi connectivity index (χ3v) is 5.27. The zero-order chi connectivity index (χ0) is 28.0. The topological polar surface area (TPSA) is 263 Å². The van der Waals surface area contributed by atoms with E-state index in [1.54, 1.807) is 30.3 Å². The molecule has 1 rings (SSSR count). The number of carbonyl (C=O) groups is 6. The van der Waals surface area contributed by atoms with Crippen LogP contribution in [0.25, 0.3) is 0 Å². The Hall–Kier alpha value is -4.04. The van der Waals surface area contributed by atoms with E-state index in [0.29, 0.717) is 19.4 Å². The summed E-state index contributed by atoms with van der Waals surface area (Å²) in [6, 6.07) is 3.53. The predicted molar refractivity (Wildman–Crippen MR) is 132 cm³/mol. The van der Waals surface area contributed by atoms with Crippen LogP contribution in [-0.4, -0.2) is 71.3 Å². The van der Waals surface area contributed by atoms with E-state index in [1.165, 1.54) is 0 Å². The fraction of sp³-hybridized carbons (Fsp3) is 0.478. The predicted octanol–water partition coefficient (Wildman–Crippen LogP) is -3.02. The Morgan fingerprint density at radius 2 is 1.27 bits per heavy atom. The van der Waals surface area contributed by atoms with Crippen molar-refractivity contribution in [3.05, 3.63) is 35.9 Å². The molecule has 4 atom stereocenters. The van der Waals surface area contributed by atoms with Crippen molar-refractivity contribution in [2.45, 2.75) is 62.7 Å². The lowest BCUT2D eigenvalue weighted by atomic mass is 10.0. The van der Waals surface area contributed by atoms with Crippen LogP contribution in [0.4, 0.5) is 0 Å². The Morgan fingerprint density at radius 1 is 0.757 bits per heavy atom. The monoisotopic (exact) mass is 521 g/mol. The smallest absolute Gasteiger partial charge is 0.326 e. The molecule has 4 unspecified atom stereocenters. The highest BCUT2D eigenvalue weighted by atomic mass is 16.4. The number of aliphatic carboxylic acids is 1. The van der Waals surface area contributed by atoms with Gasteiger partial charge in [-0.3, -0.25) is 24.0 Å². The molecule has 0 aromatic heterocycles. The Labute approximate surface area is 213 Å². The molecule has 12 N–H and O–H groups in total. The van der Waals surface area contributed by atoms with Gasteiger partial charge in [0.25, 0.3) is 0 Å². The lowest BCUT2D eigenvalue weighted by Crippen LogP contribution is -2.58. The minimum absolute atomic E-state index is 0.0580. The molecule has 0 heterocycles. The van der Waals surface area contributed by atoms with Gasteiger partial charge in [-0.05, 0) is 37.8 Å². The maximum Gasteiger partial charge on any atom is 0.326 e. The van der Waals surface area contributed by atoms with Gasteiger partial charge in [0.2, 0.25) is 29.5 Å². The van der Waals surface area contributed by atoms with E-state index in [9.17, 15) is 33.9 Å². The molecule has 0 saturated heterocycles. The highest BCUT2D eigenvalue weighted by molar-refractivity contribution is 5.96. The van der Waals surface area contributed by atoms with Gasteiger partial charge in [0.15, 0.2) is 0 Å². The first-order chi connectivity index (χ1) is 17.4. The van der Waals surface area contributed by atoms with Gasteiger partial charge >= 0.3 is 5.97 Å². The first kappa shape index (κ1) is 31.0. The summed E-state index contributed by atoms with van der Waals surface area (Å²) in [5.74, 6) is -5.87. The van der Waals surface area contributed by atoms with Crippen LogP contribution in [-0.2, 0) is 35.2 Å². The van der Waals surface area contributed by atoms with Gasteiger partial charge in [0, 0.05) is 0 Å². The molecule has 0 aliphatic heterocycles. The molecule has 37 heavy (non-hydrogen) atoms. The van der Waals surface area contributed by atoms with Gasteiger partial charge in [-0.15, -0.1) is 0 Å². The van der Waals surface area contributed by atoms with Gasteiger partial charge in [0.1, 0.15) is 18.1 Å². The second-order valence-electron chi connectivity index (χ2n) is 8.44. The molecule has 0 aliphatic carbocycles. The number of unbranched alkanes of at least 4 members (excludes halogenated alkanes) is 1. The van der Waals surface area contributed by atoms with Crippen LogP contribution in [0.3, 0.4) is 0 Å². The summed E-state index contributed by atoms with van der Waals surface area (Å²) in [7, 11) is 0. The van der Waals surface area contributed by atoms with Gasteiger partial charge in [-0.1, -0.05) is 30.3 Å². The van der Waals surface area contributed by atoms with Crippen LogP contribution in [0.2, 0.25) is 0 Å². The summed E-state index contributed by atoms with van der Waals surface area (Å²) in [5, 5.41) is 16.2. The number of carboxylic acid groups (broad SMARTS) is 1. The van der Waals surface area contributed by atoms with Gasteiger partial charge in [-0.2, -0.15) is 0 Å². The molecule has 0 radical (unpaired) electrons. The van der Waals surface area contributed by atoms with Crippen molar-refractivity contribution in [3.8, 4) is 0 Å². The zero-order valence-corrected chi connectivity index (χ0v) is 20.4. The molecule has 0 aliphatic rings. The lowest BCUT2D eigenvalue weighted by molar-refractivity contribution is -0.144. The fourth-order valence-corrected chi connectivity index (χ4v) is 3.36. The standard InChI is InChI=1S/C23H35N7O7/c24-9-5-4-8-15(21(34)30-17(23(36)37)12-19(27)32)28-22(35)16(11-18(26)31)29-20(33)14(25)10-13-6-2-1-3-7-13/h1-3,6-7,14-17H,4-5,8-12,24-25H2,(H2,26,31)(H2,27,32)(H,28,35)(H,29,33)(H,30,34)(H,36,37). The highest BCUT2D eigenvalue weighted by Crippen LogP contribution is 2.06. The summed E-state index contributed by atoms with van der Waals surface area (Å²) in [4.78, 5) is 72.5. The summed E-state index contributed by atoms with van der Waals surface area (Å²) < 4.78 is 0. The quantitative estimate of drug-likeness (QED) is 0.0968. The molecule has 1 aromatic rings. The second-order valence-corrected chi connectivity index (χ2v) is 8.44. The molecule has 1 aromatic carbocycles. The van der Waals surface area contributed by atoms with E-state index in [2.05, 4.69) is 16.0 Å². The number of primary amides is 2. The summed E-state index contributed by atoms with van der Waals surface area (Å²) >= 11 is 0. The largest absolute Gasteiger partial charge is 0.480 e. The second kappa shape index (κ2) is 15.9. The van der Waals surface area contributed by atoms with Crippen LogP contribution in [0.1, 0.15) is 37.7 Å². The van der Waals surface area contributed by atoms with E-state index in [4.69, 9.17) is 22.9 Å². The number of hydrogen-bond donors (Lipinski definition) is 8. The third-order valence-electron chi connectivity index (χ3n) is 5.27. The SMILES string of the molecule is NCCCCC(NC(=O)C(CC(N)=O)NC(=O)C(N)Cc1ccccc1)C(=O)NC(CC(N)=O)C(=O)O. The summed E-state index contributed by atoms with van der Waals surface area (Å²) in [6.07, 6.45) is -0.132. The van der Waals surface area contributed by atoms with Crippen molar-refractivity contribution in [3.63, 3.8) is 0 Å². The molecule has 0 bridgehead atoms. The first-order valence-electron chi connectivity index (χ1n) is 11.6. The number of amides is 5. The number of carbonyl (C=O) groups excluding carboxylic acids is 5. The van der Waals surface area contributed by atoms with Gasteiger partial charge in [-0.25, -0.2) is 4.79 Å². The minimum atomic E-state index is -1.61. The van der Waals surface area contributed by atoms with Crippen LogP contribution >= 0.6 is 0 Å². The minimum Gasteiger partial charge on any atom is -0.480 e. The number of nitrogens with one attached hydrogen (secondary N) is 3. The van der Waals surface area contributed by atoms with E-state index in [-0.39, 0.29) is 12.8 Å². The van der Waals surface area contributed by atoms with Crippen LogP contribution in [0, 0.1) is 0 Å². The molecule has 0 spiro atoms. The Kier molecular flexibility index (Phi) is 13.3. The van der Waals surface area contributed by atoms with Gasteiger partial charge in [0.05, 0.1) is 18.9 Å². The zero-order valence-electron chi connectivity index (χ0n) is 20.4. The van der Waals surface area contributed by atoms with E-state index in [0.717, 1.165) is 5.56 Å². The molecule has 0 saturated carbocycles. The third kappa shape index (κ3) is 12.0. The van der Waals surface area contributed by atoms with Gasteiger partial charge < -0.3 is 44.0 Å². The van der Waals surface area contributed by atoms with Crippen molar-refractivity contribution in [1.29, 1.82) is 0 Å². The Morgan fingerprint density at radius 3 is 1.81 bits per heavy atom. The summed E-state index contributed by atoms with van der Waals surface area (Å²) in [6.45, 7) is 0.307. The average molecular weight is 522 g/mol. The molecule has 5 amide bonds. The molecule has 14 nitrogen and oxygen atoms in total. The molecule has 14 heteroatoms. The fourth-order valence-electron chi connectivity index (χ4n) is 3.36. The Bertz CT molecular complexity index is 958. The maximum atomic E-state index is 13.0.